The van der Waals surface area contributed by atoms with Gasteiger partial charge in [-0.15, -0.1) is 5.06 Å². The number of nitrogens with one attached hydrogen (secondary N) is 1. The number of hydroxylamine groups is 2. The summed E-state index contributed by atoms with van der Waals surface area (Å²) in [5, 5.41) is 5.19. The molecule has 5 rings (SSSR count). The van der Waals surface area contributed by atoms with Crippen LogP contribution in [0.25, 0.3) is 0 Å². The maximum atomic E-state index is 13.3. The fourth-order valence-corrected chi connectivity index (χ4v) is 5.53. The van der Waals surface area contributed by atoms with Crippen LogP contribution in [0.1, 0.15) is 68.1 Å². The average molecular weight is 521 g/mol. The first-order chi connectivity index (χ1) is 18.3. The number of fused-ring (bicyclic) bond motifs is 1. The van der Waals surface area contributed by atoms with E-state index in [9.17, 15) is 9.59 Å². The van der Waals surface area contributed by atoms with Gasteiger partial charge in [0.15, 0.2) is 0 Å². The van der Waals surface area contributed by atoms with Crippen LogP contribution in [0.5, 0.6) is 0 Å². The second kappa shape index (κ2) is 11.4. The molecule has 9 heteroatoms. The molecule has 0 aliphatic carbocycles. The van der Waals surface area contributed by atoms with Crippen LogP contribution in [0.15, 0.2) is 36.7 Å². The van der Waals surface area contributed by atoms with Crippen LogP contribution in [0.2, 0.25) is 0 Å². The summed E-state index contributed by atoms with van der Waals surface area (Å²) in [6.07, 6.45) is 6.18. The highest BCUT2D eigenvalue weighted by molar-refractivity contribution is 5.93. The third-order valence-corrected chi connectivity index (χ3v) is 7.94. The molecule has 0 atom stereocenters. The Bertz CT molecular complexity index is 1130. The van der Waals surface area contributed by atoms with Gasteiger partial charge in [-0.05, 0) is 64.0 Å². The number of likely N-dealkylation sites (tertiary alicyclic amines) is 1. The minimum absolute atomic E-state index is 0.0261. The minimum atomic E-state index is -0.520. The Hall–Kier alpha value is -3.04. The lowest BCUT2D eigenvalue weighted by molar-refractivity contribution is -0.204. The summed E-state index contributed by atoms with van der Waals surface area (Å²) >= 11 is 0. The number of nitrogens with zero attached hydrogens (tertiary/aromatic N) is 5. The van der Waals surface area contributed by atoms with Crippen molar-refractivity contribution in [2.24, 2.45) is 5.41 Å². The Kier molecular flexibility index (Phi) is 7.95. The van der Waals surface area contributed by atoms with Crippen LogP contribution in [-0.2, 0) is 22.6 Å². The lowest BCUT2D eigenvalue weighted by atomic mass is 9.95. The Morgan fingerprint density at radius 1 is 0.947 bits per heavy atom. The molecule has 2 aromatic rings. The van der Waals surface area contributed by atoms with E-state index in [1.54, 1.807) is 11.1 Å². The maximum absolute atomic E-state index is 13.3. The standard InChI is InChI=1S/C29H40N6O3/c1-29(2,3)28(37)38-35-16-9-23(10-17-35)32-26-18-25(30-20-31-26)27(36)33-14-11-24(12-15-33)34-13-8-21-6-4-5-7-22(21)19-34/h4-7,18,20,23-24H,8-17,19H2,1-3H3,(H,30,31,32). The van der Waals surface area contributed by atoms with E-state index in [1.807, 2.05) is 25.7 Å². The van der Waals surface area contributed by atoms with E-state index in [4.69, 9.17) is 4.84 Å². The topological polar surface area (TPSA) is 90.9 Å². The van der Waals surface area contributed by atoms with Gasteiger partial charge in [-0.3, -0.25) is 9.69 Å². The molecule has 38 heavy (non-hydrogen) atoms. The summed E-state index contributed by atoms with van der Waals surface area (Å²) < 4.78 is 0. The number of amides is 1. The van der Waals surface area contributed by atoms with Gasteiger partial charge in [0.05, 0.1) is 5.41 Å². The molecule has 0 bridgehead atoms. The number of rotatable bonds is 5. The lowest BCUT2D eigenvalue weighted by Crippen LogP contribution is -2.48. The zero-order valence-electron chi connectivity index (χ0n) is 22.9. The van der Waals surface area contributed by atoms with Crippen molar-refractivity contribution < 1.29 is 14.4 Å². The zero-order valence-corrected chi connectivity index (χ0v) is 22.9. The van der Waals surface area contributed by atoms with Gasteiger partial charge >= 0.3 is 5.97 Å². The molecule has 0 spiro atoms. The van der Waals surface area contributed by atoms with Crippen molar-refractivity contribution in [2.45, 2.75) is 71.5 Å². The van der Waals surface area contributed by atoms with Crippen molar-refractivity contribution in [1.29, 1.82) is 0 Å². The Labute approximate surface area is 225 Å². The average Bonchev–Trinajstić information content (AvgIpc) is 2.93. The van der Waals surface area contributed by atoms with Crippen molar-refractivity contribution >= 4 is 17.7 Å². The number of hydrogen-bond donors (Lipinski definition) is 1. The molecule has 1 aromatic heterocycles. The molecule has 1 aromatic carbocycles. The Morgan fingerprint density at radius 2 is 1.66 bits per heavy atom. The van der Waals surface area contributed by atoms with Gasteiger partial charge in [0.2, 0.25) is 0 Å². The van der Waals surface area contributed by atoms with Crippen molar-refractivity contribution in [1.82, 2.24) is 24.8 Å². The zero-order chi connectivity index (χ0) is 26.7. The van der Waals surface area contributed by atoms with Crippen molar-refractivity contribution in [3.05, 3.63) is 53.5 Å². The van der Waals surface area contributed by atoms with E-state index in [-0.39, 0.29) is 17.9 Å². The van der Waals surface area contributed by atoms with Gasteiger partial charge in [-0.2, -0.15) is 0 Å². The van der Waals surface area contributed by atoms with Crippen LogP contribution in [0, 0.1) is 5.41 Å². The molecule has 1 amide bonds. The normalized spacial score (nSPS) is 20.1. The van der Waals surface area contributed by atoms with Crippen molar-refractivity contribution in [3.63, 3.8) is 0 Å². The van der Waals surface area contributed by atoms with Gasteiger partial charge in [0.1, 0.15) is 17.8 Å². The molecule has 0 unspecified atom stereocenters. The Balaban J connectivity index is 1.10. The molecular weight excluding hydrogens is 480 g/mol. The quantitative estimate of drug-likeness (QED) is 0.641. The van der Waals surface area contributed by atoms with Crippen LogP contribution in [0.3, 0.4) is 0 Å². The molecule has 0 radical (unpaired) electrons. The third kappa shape index (κ3) is 6.32. The van der Waals surface area contributed by atoms with E-state index < -0.39 is 5.41 Å². The molecule has 0 saturated carbocycles. The van der Waals surface area contributed by atoms with E-state index in [0.29, 0.717) is 30.6 Å². The number of hydrogen-bond acceptors (Lipinski definition) is 8. The highest BCUT2D eigenvalue weighted by atomic mass is 16.7. The summed E-state index contributed by atoms with van der Waals surface area (Å²) in [7, 11) is 0. The van der Waals surface area contributed by atoms with Gasteiger partial charge in [-0.25, -0.2) is 14.8 Å². The van der Waals surface area contributed by atoms with Gasteiger partial charge in [0, 0.05) is 57.4 Å². The monoisotopic (exact) mass is 520 g/mol. The molecule has 204 valence electrons. The van der Waals surface area contributed by atoms with Gasteiger partial charge < -0.3 is 15.1 Å². The fourth-order valence-electron chi connectivity index (χ4n) is 5.53. The SMILES string of the molecule is CC(C)(C)C(=O)ON1CCC(Nc2cc(C(=O)N3CCC(N4CCc5ccccc5C4)CC3)ncn2)CC1. The van der Waals surface area contributed by atoms with E-state index in [2.05, 4.69) is 44.5 Å². The second-order valence-corrected chi connectivity index (χ2v) is 11.8. The molecular formula is C29H40N6O3. The molecule has 3 aliphatic heterocycles. The highest BCUT2D eigenvalue weighted by Crippen LogP contribution is 2.26. The van der Waals surface area contributed by atoms with E-state index in [0.717, 1.165) is 58.3 Å². The summed E-state index contributed by atoms with van der Waals surface area (Å²) in [5.74, 6) is 0.422. The maximum Gasteiger partial charge on any atom is 0.330 e. The number of benzene rings is 1. The van der Waals surface area contributed by atoms with Crippen LogP contribution < -0.4 is 5.32 Å². The molecule has 1 N–H and O–H groups in total. The van der Waals surface area contributed by atoms with E-state index in [1.165, 1.54) is 17.5 Å². The first kappa shape index (κ1) is 26.6. The third-order valence-electron chi connectivity index (χ3n) is 7.94. The minimum Gasteiger partial charge on any atom is -0.367 e. The number of piperidine rings is 2. The predicted molar refractivity (Wildman–Crippen MR) is 145 cm³/mol. The Morgan fingerprint density at radius 3 is 2.37 bits per heavy atom. The van der Waals surface area contributed by atoms with Crippen LogP contribution in [-0.4, -0.2) is 81.5 Å². The molecule has 3 aliphatic rings. The second-order valence-electron chi connectivity index (χ2n) is 11.8. The molecule has 2 saturated heterocycles. The van der Waals surface area contributed by atoms with Crippen LogP contribution in [0.4, 0.5) is 5.82 Å². The van der Waals surface area contributed by atoms with Crippen molar-refractivity contribution in [3.8, 4) is 0 Å². The largest absolute Gasteiger partial charge is 0.367 e. The smallest absolute Gasteiger partial charge is 0.330 e. The number of aromatic nitrogens is 2. The first-order valence-electron chi connectivity index (χ1n) is 13.9. The fraction of sp³-hybridized carbons (Fsp3) is 0.586. The highest BCUT2D eigenvalue weighted by Gasteiger charge is 2.31. The molecule has 4 heterocycles. The molecule has 9 nitrogen and oxygen atoms in total. The van der Waals surface area contributed by atoms with Crippen LogP contribution >= 0.6 is 0 Å². The summed E-state index contributed by atoms with van der Waals surface area (Å²) in [4.78, 5) is 44.1. The summed E-state index contributed by atoms with van der Waals surface area (Å²) in [6, 6.07) is 11.2. The number of anilines is 1. The number of carbonyl (C=O) groups is 2. The lowest BCUT2D eigenvalue weighted by Gasteiger charge is -2.40. The predicted octanol–water partition coefficient (Wildman–Crippen LogP) is 3.52. The summed E-state index contributed by atoms with van der Waals surface area (Å²) in [5.41, 5.74) is 2.83. The van der Waals surface area contributed by atoms with Crippen molar-refractivity contribution in [2.75, 3.05) is 38.0 Å². The van der Waals surface area contributed by atoms with E-state index >= 15 is 0 Å². The van der Waals surface area contributed by atoms with Gasteiger partial charge in [-0.1, -0.05) is 24.3 Å². The first-order valence-corrected chi connectivity index (χ1v) is 13.9. The summed E-state index contributed by atoms with van der Waals surface area (Å²) in [6.45, 7) is 10.5. The number of carbonyl (C=O) groups excluding carboxylic acids is 2. The molecule has 2 fully saturated rings. The van der Waals surface area contributed by atoms with Gasteiger partial charge in [0.25, 0.3) is 5.91 Å².